The van der Waals surface area contributed by atoms with Gasteiger partial charge in [0, 0.05) is 0 Å². The summed E-state index contributed by atoms with van der Waals surface area (Å²) in [4.78, 5) is 26.5. The van der Waals surface area contributed by atoms with Crippen LogP contribution in [0, 0.1) is 0 Å². The molecule has 0 atom stereocenters. The summed E-state index contributed by atoms with van der Waals surface area (Å²) in [5.41, 5.74) is 0.787. The van der Waals surface area contributed by atoms with Crippen molar-refractivity contribution in [2.24, 2.45) is 0 Å². The number of carbonyl (C=O) groups excluding carboxylic acids is 2. The van der Waals surface area contributed by atoms with E-state index in [9.17, 15) is 9.59 Å². The zero-order chi connectivity index (χ0) is 20.8. The highest BCUT2D eigenvalue weighted by molar-refractivity contribution is 8.18. The predicted octanol–water partition coefficient (Wildman–Crippen LogP) is 5.59. The molecule has 0 spiro atoms. The Morgan fingerprint density at radius 2 is 1.47 bits per heavy atom. The molecule has 1 fully saturated rings. The second-order valence-electron chi connectivity index (χ2n) is 6.48. The number of thioether (sulfide) groups is 1. The Bertz CT molecular complexity index is 1070. The van der Waals surface area contributed by atoms with Crippen molar-refractivity contribution in [2.45, 2.75) is 0 Å². The summed E-state index contributed by atoms with van der Waals surface area (Å²) in [6.07, 6.45) is 1.71. The highest BCUT2D eigenvalue weighted by atomic mass is 32.2. The molecule has 2 amide bonds. The second-order valence-corrected chi connectivity index (χ2v) is 7.48. The Hall–Kier alpha value is -3.51. The number of amides is 2. The summed E-state index contributed by atoms with van der Waals surface area (Å²) in [5, 5.41) is -0.292. The van der Waals surface area contributed by atoms with E-state index in [0.29, 0.717) is 16.4 Å². The molecule has 0 radical (unpaired) electrons. The first-order valence-electron chi connectivity index (χ1n) is 9.45. The molecule has 0 bridgehead atoms. The Kier molecular flexibility index (Phi) is 6.15. The van der Waals surface area contributed by atoms with E-state index in [4.69, 9.17) is 9.47 Å². The first-order valence-corrected chi connectivity index (χ1v) is 10.3. The third-order valence-corrected chi connectivity index (χ3v) is 5.24. The number of ether oxygens (including phenoxy) is 2. The summed E-state index contributed by atoms with van der Waals surface area (Å²) in [6, 6.07) is 26.2. The van der Waals surface area contributed by atoms with E-state index in [1.807, 2.05) is 84.9 Å². The van der Waals surface area contributed by atoms with Crippen LogP contribution in [0.25, 0.3) is 6.08 Å². The fourth-order valence-corrected chi connectivity index (χ4v) is 3.77. The fourth-order valence-electron chi connectivity index (χ4n) is 2.91. The number of imide groups is 1. The quantitative estimate of drug-likeness (QED) is 0.469. The van der Waals surface area contributed by atoms with Gasteiger partial charge in [0.25, 0.3) is 11.1 Å². The van der Waals surface area contributed by atoms with Crippen molar-refractivity contribution < 1.29 is 19.1 Å². The summed E-state index contributed by atoms with van der Waals surface area (Å²) < 4.78 is 11.4. The molecule has 1 saturated heterocycles. The van der Waals surface area contributed by atoms with Crippen molar-refractivity contribution in [2.75, 3.05) is 13.2 Å². The van der Waals surface area contributed by atoms with E-state index in [1.165, 1.54) is 4.90 Å². The van der Waals surface area contributed by atoms with Crippen LogP contribution in [-0.2, 0) is 4.79 Å². The summed E-state index contributed by atoms with van der Waals surface area (Å²) in [5.74, 6) is 1.78. The van der Waals surface area contributed by atoms with E-state index in [0.717, 1.165) is 23.1 Å². The van der Waals surface area contributed by atoms with Gasteiger partial charge in [-0.05, 0) is 59.8 Å². The average molecular weight is 417 g/mol. The van der Waals surface area contributed by atoms with Crippen molar-refractivity contribution in [1.29, 1.82) is 0 Å². The number of benzene rings is 3. The normalized spacial score (nSPS) is 14.9. The molecule has 3 aromatic rings. The molecule has 0 aliphatic carbocycles. The van der Waals surface area contributed by atoms with Crippen molar-refractivity contribution in [3.8, 4) is 17.2 Å². The van der Waals surface area contributed by atoms with Crippen LogP contribution in [-0.4, -0.2) is 29.2 Å². The first-order chi connectivity index (χ1) is 14.7. The number of carbonyl (C=O) groups is 2. The predicted molar refractivity (Wildman–Crippen MR) is 118 cm³/mol. The van der Waals surface area contributed by atoms with E-state index < -0.39 is 0 Å². The van der Waals surface area contributed by atoms with Gasteiger partial charge in [-0.2, -0.15) is 0 Å². The lowest BCUT2D eigenvalue weighted by molar-refractivity contribution is -0.123. The molecular formula is C24H19NO4S. The van der Waals surface area contributed by atoms with Crippen LogP contribution in [0.1, 0.15) is 5.56 Å². The minimum Gasteiger partial charge on any atom is -0.492 e. The maximum Gasteiger partial charge on any atom is 0.293 e. The topological polar surface area (TPSA) is 55.8 Å². The number of rotatable bonds is 7. The molecule has 6 heteroatoms. The van der Waals surface area contributed by atoms with Gasteiger partial charge in [-0.1, -0.05) is 48.5 Å². The van der Waals surface area contributed by atoms with E-state index in [2.05, 4.69) is 0 Å². The Balaban J connectivity index is 1.41. The molecule has 1 aliphatic heterocycles. The van der Waals surface area contributed by atoms with Crippen LogP contribution in [0.2, 0.25) is 0 Å². The number of nitrogens with zero attached hydrogens (tertiary/aromatic N) is 1. The molecule has 150 valence electrons. The maximum atomic E-state index is 12.7. The van der Waals surface area contributed by atoms with Gasteiger partial charge in [0.1, 0.15) is 23.9 Å². The fraction of sp³-hybridized carbons (Fsp3) is 0.0833. The minimum absolute atomic E-state index is 0.202. The maximum absolute atomic E-state index is 12.7. The molecule has 0 aromatic heterocycles. The zero-order valence-electron chi connectivity index (χ0n) is 16.1. The van der Waals surface area contributed by atoms with Crippen LogP contribution in [0.5, 0.6) is 17.2 Å². The van der Waals surface area contributed by atoms with Crippen LogP contribution in [0.4, 0.5) is 4.79 Å². The minimum atomic E-state index is -0.309. The molecule has 1 aliphatic rings. The van der Waals surface area contributed by atoms with Crippen molar-refractivity contribution in [1.82, 2.24) is 4.90 Å². The highest BCUT2D eigenvalue weighted by Gasteiger charge is 2.34. The molecule has 3 aromatic carbocycles. The lowest BCUT2D eigenvalue weighted by Gasteiger charge is -2.13. The molecule has 0 saturated carbocycles. The summed E-state index contributed by atoms with van der Waals surface area (Å²) in [7, 11) is 0. The van der Waals surface area contributed by atoms with E-state index in [-0.39, 0.29) is 24.3 Å². The third-order valence-electron chi connectivity index (χ3n) is 4.34. The van der Waals surface area contributed by atoms with Gasteiger partial charge in [-0.25, -0.2) is 0 Å². The van der Waals surface area contributed by atoms with Gasteiger partial charge in [-0.3, -0.25) is 14.5 Å². The molecule has 0 unspecified atom stereocenters. The smallest absolute Gasteiger partial charge is 0.293 e. The molecule has 4 rings (SSSR count). The molecule has 30 heavy (non-hydrogen) atoms. The van der Waals surface area contributed by atoms with Gasteiger partial charge < -0.3 is 9.47 Å². The second kappa shape index (κ2) is 9.33. The number of hydrogen-bond acceptors (Lipinski definition) is 5. The van der Waals surface area contributed by atoms with Crippen molar-refractivity contribution >= 4 is 29.0 Å². The monoisotopic (exact) mass is 417 g/mol. The van der Waals surface area contributed by atoms with Gasteiger partial charge >= 0.3 is 0 Å². The molecule has 0 N–H and O–H groups in total. The third kappa shape index (κ3) is 4.90. The van der Waals surface area contributed by atoms with Gasteiger partial charge in [-0.15, -0.1) is 0 Å². The molecule has 1 heterocycles. The summed E-state index contributed by atoms with van der Waals surface area (Å²) in [6.45, 7) is 0.448. The number of para-hydroxylation sites is 2. The summed E-state index contributed by atoms with van der Waals surface area (Å²) >= 11 is 0.935. The largest absolute Gasteiger partial charge is 0.492 e. The van der Waals surface area contributed by atoms with Crippen LogP contribution in [0.15, 0.2) is 89.8 Å². The standard InChI is InChI=1S/C24H19NO4S/c26-23-22(30-24(27)25(23)14-15-28-19-9-3-1-4-10-19)17-18-8-7-13-21(16-18)29-20-11-5-2-6-12-20/h1-13,16-17H,14-15H2/b22-17-. The SMILES string of the molecule is O=C1S/C(=C\c2cccc(Oc3ccccc3)c2)C(=O)N1CCOc1ccccc1. The Labute approximate surface area is 178 Å². The Morgan fingerprint density at radius 1 is 0.800 bits per heavy atom. The van der Waals surface area contributed by atoms with E-state index in [1.54, 1.807) is 6.08 Å². The van der Waals surface area contributed by atoms with Crippen LogP contribution >= 0.6 is 11.8 Å². The van der Waals surface area contributed by atoms with E-state index >= 15 is 0 Å². The number of hydrogen-bond donors (Lipinski definition) is 0. The van der Waals surface area contributed by atoms with Crippen molar-refractivity contribution in [3.63, 3.8) is 0 Å². The highest BCUT2D eigenvalue weighted by Crippen LogP contribution is 2.33. The van der Waals surface area contributed by atoms with Gasteiger partial charge in [0.15, 0.2) is 0 Å². The van der Waals surface area contributed by atoms with Crippen LogP contribution < -0.4 is 9.47 Å². The Morgan fingerprint density at radius 3 is 2.20 bits per heavy atom. The van der Waals surface area contributed by atoms with Gasteiger partial charge in [0.2, 0.25) is 0 Å². The lowest BCUT2D eigenvalue weighted by atomic mass is 10.2. The average Bonchev–Trinajstić information content (AvgIpc) is 3.03. The zero-order valence-corrected chi connectivity index (χ0v) is 16.9. The van der Waals surface area contributed by atoms with Crippen molar-refractivity contribution in [3.05, 3.63) is 95.4 Å². The lowest BCUT2D eigenvalue weighted by Crippen LogP contribution is -2.32. The van der Waals surface area contributed by atoms with Gasteiger partial charge in [0.05, 0.1) is 11.4 Å². The molecule has 5 nitrogen and oxygen atoms in total. The first kappa shape index (κ1) is 19.8. The molecular weight excluding hydrogens is 398 g/mol. The van der Waals surface area contributed by atoms with Crippen LogP contribution in [0.3, 0.4) is 0 Å².